The number of rotatable bonds is 6. The van der Waals surface area contributed by atoms with Crippen LogP contribution >= 0.6 is 0 Å². The van der Waals surface area contributed by atoms with E-state index in [0.717, 1.165) is 11.3 Å². The van der Waals surface area contributed by atoms with Gasteiger partial charge in [-0.05, 0) is 30.7 Å². The molecule has 0 amide bonds. The first kappa shape index (κ1) is 20.8. The van der Waals surface area contributed by atoms with Gasteiger partial charge in [0.05, 0.1) is 10.4 Å². The van der Waals surface area contributed by atoms with Crippen LogP contribution in [-0.4, -0.2) is 42.0 Å². The molecule has 31 heavy (non-hydrogen) atoms. The van der Waals surface area contributed by atoms with Gasteiger partial charge in [-0.1, -0.05) is 36.4 Å². The minimum atomic E-state index is -3.87. The third-order valence-electron chi connectivity index (χ3n) is 4.80. The van der Waals surface area contributed by atoms with Gasteiger partial charge in [-0.15, -0.1) is 0 Å². The Bertz CT molecular complexity index is 1350. The van der Waals surface area contributed by atoms with Crippen molar-refractivity contribution in [3.8, 4) is 5.95 Å². The highest BCUT2D eigenvalue weighted by molar-refractivity contribution is 7.89. The summed E-state index contributed by atoms with van der Waals surface area (Å²) in [5.41, 5.74) is 2.52. The number of anilines is 2. The monoisotopic (exact) mass is 437 g/mol. The van der Waals surface area contributed by atoms with E-state index in [0.29, 0.717) is 35.3 Å². The van der Waals surface area contributed by atoms with E-state index in [4.69, 9.17) is 5.14 Å². The fraction of sp³-hybridized carbons (Fsp3) is 0.190. The van der Waals surface area contributed by atoms with Crippen LogP contribution in [0.25, 0.3) is 16.9 Å². The summed E-state index contributed by atoms with van der Waals surface area (Å²) >= 11 is 0. The Kier molecular flexibility index (Phi) is 5.34. The number of nitrogens with two attached hydrogens (primary N) is 1. The fourth-order valence-corrected chi connectivity index (χ4v) is 4.10. The summed E-state index contributed by atoms with van der Waals surface area (Å²) < 4.78 is 25.9. The highest BCUT2D eigenvalue weighted by Crippen LogP contribution is 2.28. The molecule has 0 aliphatic heterocycles. The Morgan fingerprint density at radius 1 is 1.03 bits per heavy atom. The van der Waals surface area contributed by atoms with Gasteiger partial charge in [0.2, 0.25) is 27.9 Å². The van der Waals surface area contributed by atoms with Gasteiger partial charge in [0.25, 0.3) is 0 Å². The molecule has 2 heterocycles. The van der Waals surface area contributed by atoms with Gasteiger partial charge in [-0.3, -0.25) is 4.57 Å². The maximum absolute atomic E-state index is 12.0. The van der Waals surface area contributed by atoms with Gasteiger partial charge >= 0.3 is 0 Å². The van der Waals surface area contributed by atoms with Gasteiger partial charge in [0.1, 0.15) is 0 Å². The second-order valence-electron chi connectivity index (χ2n) is 7.35. The number of aromatic nitrogens is 4. The summed E-state index contributed by atoms with van der Waals surface area (Å²) in [6.45, 7) is 2.42. The van der Waals surface area contributed by atoms with E-state index in [1.54, 1.807) is 21.6 Å². The molecule has 0 fully saturated rings. The van der Waals surface area contributed by atoms with E-state index in [1.165, 1.54) is 6.07 Å². The predicted octanol–water partition coefficient (Wildman–Crippen LogP) is 2.45. The van der Waals surface area contributed by atoms with E-state index >= 15 is 0 Å². The molecule has 0 aliphatic carbocycles. The van der Waals surface area contributed by atoms with Crippen molar-refractivity contribution in [2.24, 2.45) is 5.14 Å². The first-order valence-electron chi connectivity index (χ1n) is 9.59. The summed E-state index contributed by atoms with van der Waals surface area (Å²) in [7, 11) is -0.177. The molecule has 3 N–H and O–H groups in total. The zero-order valence-corrected chi connectivity index (χ0v) is 18.3. The number of hydrogen-bond donors (Lipinski definition) is 2. The Morgan fingerprint density at radius 2 is 1.77 bits per heavy atom. The van der Waals surface area contributed by atoms with Crippen molar-refractivity contribution < 1.29 is 8.42 Å². The van der Waals surface area contributed by atoms with Crippen molar-refractivity contribution in [2.75, 3.05) is 24.3 Å². The van der Waals surface area contributed by atoms with E-state index < -0.39 is 10.0 Å². The minimum Gasteiger partial charge on any atom is -0.350 e. The van der Waals surface area contributed by atoms with Crippen LogP contribution in [0.3, 0.4) is 0 Å². The van der Waals surface area contributed by atoms with Gasteiger partial charge < -0.3 is 10.2 Å². The summed E-state index contributed by atoms with van der Waals surface area (Å²) in [5, 5.41) is 9.17. The van der Waals surface area contributed by atoms with Crippen LogP contribution in [0.5, 0.6) is 0 Å². The highest BCUT2D eigenvalue weighted by Gasteiger charge is 2.19. The lowest BCUT2D eigenvalue weighted by atomic mass is 10.2. The number of hydrogen-bond acceptors (Lipinski definition) is 7. The first-order valence-corrected chi connectivity index (χ1v) is 11.1. The lowest BCUT2D eigenvalue weighted by Crippen LogP contribution is -2.17. The number of fused-ring (bicyclic) bond motifs is 1. The van der Waals surface area contributed by atoms with E-state index in [1.807, 2.05) is 57.4 Å². The quantitative estimate of drug-likeness (QED) is 0.475. The number of benzene rings is 2. The van der Waals surface area contributed by atoms with Crippen LogP contribution in [0.15, 0.2) is 59.5 Å². The molecule has 0 bridgehead atoms. The van der Waals surface area contributed by atoms with Crippen LogP contribution in [0.4, 0.5) is 11.9 Å². The maximum atomic E-state index is 12.0. The lowest BCUT2D eigenvalue weighted by molar-refractivity contribution is 0.598. The van der Waals surface area contributed by atoms with Crippen molar-refractivity contribution in [3.05, 3.63) is 65.9 Å². The number of nitrogens with one attached hydrogen (secondary N) is 1. The Labute approximate surface area is 180 Å². The average Bonchev–Trinajstić information content (AvgIpc) is 3.07. The third kappa shape index (κ3) is 4.21. The van der Waals surface area contributed by atoms with Crippen molar-refractivity contribution in [1.82, 2.24) is 19.5 Å². The number of sulfonamides is 1. The maximum Gasteiger partial charge on any atom is 0.240 e. The van der Waals surface area contributed by atoms with Crippen molar-refractivity contribution >= 4 is 32.8 Å². The molecule has 0 atom stereocenters. The van der Waals surface area contributed by atoms with Gasteiger partial charge in [-0.2, -0.15) is 15.0 Å². The van der Waals surface area contributed by atoms with Crippen molar-refractivity contribution in [3.63, 3.8) is 0 Å². The number of aryl methyl sites for hydroxylation is 1. The molecular weight excluding hydrogens is 414 g/mol. The summed E-state index contributed by atoms with van der Waals surface area (Å²) in [4.78, 5) is 15.5. The summed E-state index contributed by atoms with van der Waals surface area (Å²) in [6.07, 6.45) is 0. The van der Waals surface area contributed by atoms with Gasteiger partial charge in [0.15, 0.2) is 0 Å². The molecule has 2 aromatic carbocycles. The molecule has 0 saturated carbocycles. The zero-order chi connectivity index (χ0) is 22.2. The van der Waals surface area contributed by atoms with Crippen LogP contribution in [0, 0.1) is 6.92 Å². The molecule has 0 spiro atoms. The van der Waals surface area contributed by atoms with E-state index in [9.17, 15) is 8.42 Å². The molecule has 10 heteroatoms. The molecule has 9 nitrogen and oxygen atoms in total. The third-order valence-corrected chi connectivity index (χ3v) is 5.77. The van der Waals surface area contributed by atoms with Crippen LogP contribution < -0.4 is 15.4 Å². The topological polar surface area (TPSA) is 119 Å². The molecule has 0 unspecified atom stereocenters. The van der Waals surface area contributed by atoms with Crippen molar-refractivity contribution in [1.29, 1.82) is 0 Å². The van der Waals surface area contributed by atoms with Gasteiger partial charge in [-0.25, -0.2) is 13.6 Å². The SMILES string of the molecule is Cc1cc2c(S(N)(=O)=O)cccc2n1-c1nc(NCc2ccccc2)nc(N(C)C)n1. The lowest BCUT2D eigenvalue weighted by Gasteiger charge is -2.15. The Balaban J connectivity index is 1.83. The van der Waals surface area contributed by atoms with Crippen LogP contribution in [0.1, 0.15) is 11.3 Å². The average molecular weight is 438 g/mol. The van der Waals surface area contributed by atoms with Gasteiger partial charge in [0, 0.05) is 31.7 Å². The minimum absolute atomic E-state index is 0.0659. The molecule has 0 aliphatic rings. The highest BCUT2D eigenvalue weighted by atomic mass is 32.2. The smallest absolute Gasteiger partial charge is 0.240 e. The first-order chi connectivity index (χ1) is 14.7. The molecule has 0 saturated heterocycles. The standard InChI is InChI=1S/C21H23N7O2S/c1-14-12-16-17(10-7-11-18(16)31(22,29)30)28(14)21-25-19(24-20(26-21)27(2)3)23-13-15-8-5-4-6-9-15/h4-12H,13H2,1-3H3,(H2,22,29,30)(H,23,24,25,26). The predicted molar refractivity (Wildman–Crippen MR) is 121 cm³/mol. The summed E-state index contributed by atoms with van der Waals surface area (Å²) in [6, 6.07) is 16.7. The second-order valence-corrected chi connectivity index (χ2v) is 8.88. The Hall–Kier alpha value is -3.50. The molecule has 4 aromatic rings. The molecule has 4 rings (SSSR count). The molecule has 0 radical (unpaired) electrons. The summed E-state index contributed by atoms with van der Waals surface area (Å²) in [5.74, 6) is 1.28. The van der Waals surface area contributed by atoms with E-state index in [-0.39, 0.29) is 4.90 Å². The number of nitrogens with zero attached hydrogens (tertiary/aromatic N) is 5. The van der Waals surface area contributed by atoms with Crippen LogP contribution in [-0.2, 0) is 16.6 Å². The van der Waals surface area contributed by atoms with Crippen molar-refractivity contribution in [2.45, 2.75) is 18.4 Å². The fourth-order valence-electron chi connectivity index (χ4n) is 3.36. The Morgan fingerprint density at radius 3 is 2.45 bits per heavy atom. The normalized spacial score (nSPS) is 11.6. The zero-order valence-electron chi connectivity index (χ0n) is 17.4. The van der Waals surface area contributed by atoms with Crippen LogP contribution in [0.2, 0.25) is 0 Å². The number of primary sulfonamides is 1. The molecule has 160 valence electrons. The molecule has 2 aromatic heterocycles. The van der Waals surface area contributed by atoms with E-state index in [2.05, 4.69) is 20.3 Å². The second kappa shape index (κ2) is 7.97. The molecular formula is C21H23N7O2S. The largest absolute Gasteiger partial charge is 0.350 e.